The third-order valence-corrected chi connectivity index (χ3v) is 6.10. The topological polar surface area (TPSA) is 84.5 Å². The zero-order valence-corrected chi connectivity index (χ0v) is 18.2. The van der Waals surface area contributed by atoms with Gasteiger partial charge < -0.3 is 10.1 Å². The molecule has 0 saturated heterocycles. The average Bonchev–Trinajstić information content (AvgIpc) is 2.78. The van der Waals surface area contributed by atoms with Crippen molar-refractivity contribution in [3.05, 3.63) is 95.6 Å². The lowest BCUT2D eigenvalue weighted by Gasteiger charge is -2.12. The van der Waals surface area contributed by atoms with Crippen molar-refractivity contribution in [3.8, 4) is 5.75 Å². The Balaban J connectivity index is 1.49. The van der Waals surface area contributed by atoms with Crippen molar-refractivity contribution in [3.63, 3.8) is 0 Å². The van der Waals surface area contributed by atoms with Crippen LogP contribution in [0.2, 0.25) is 0 Å². The van der Waals surface area contributed by atoms with Gasteiger partial charge in [0.05, 0.1) is 4.90 Å². The van der Waals surface area contributed by atoms with E-state index >= 15 is 0 Å². The number of hydrogen-bond acceptors (Lipinski definition) is 4. The molecule has 0 aliphatic heterocycles. The van der Waals surface area contributed by atoms with Crippen LogP contribution in [0, 0.1) is 6.92 Å². The van der Waals surface area contributed by atoms with E-state index in [1.807, 2.05) is 60.7 Å². The molecule has 2 N–H and O–H groups in total. The van der Waals surface area contributed by atoms with Gasteiger partial charge in [0.2, 0.25) is 10.0 Å². The Hall–Kier alpha value is -3.16. The maximum Gasteiger partial charge on any atom is 0.257 e. The van der Waals surface area contributed by atoms with Gasteiger partial charge in [0.15, 0.2) is 6.61 Å². The lowest BCUT2D eigenvalue weighted by molar-refractivity contribution is -0.123. The lowest BCUT2D eigenvalue weighted by atomic mass is 10.1. The number of carbonyl (C=O) groups excluding carboxylic acids is 1. The highest BCUT2D eigenvalue weighted by atomic mass is 32.2. The monoisotopic (exact) mass is 438 g/mol. The van der Waals surface area contributed by atoms with Crippen LogP contribution in [0.25, 0.3) is 0 Å². The van der Waals surface area contributed by atoms with Crippen molar-refractivity contribution in [2.45, 2.75) is 24.8 Å². The molecule has 0 radical (unpaired) electrons. The molecule has 31 heavy (non-hydrogen) atoms. The number of aryl methyl sites for hydroxylation is 1. The molecule has 3 aromatic rings. The van der Waals surface area contributed by atoms with E-state index in [1.54, 1.807) is 13.0 Å². The molecular formula is C24H26N2O4S. The van der Waals surface area contributed by atoms with E-state index < -0.39 is 10.0 Å². The van der Waals surface area contributed by atoms with Gasteiger partial charge in [-0.05, 0) is 48.2 Å². The smallest absolute Gasteiger partial charge is 0.257 e. The SMILES string of the molecule is Cc1cc(S(=O)(=O)NCc2ccccc2)ccc1OCC(=O)NCCc1ccccc1. The van der Waals surface area contributed by atoms with Crippen LogP contribution in [-0.4, -0.2) is 27.5 Å². The second-order valence-electron chi connectivity index (χ2n) is 7.11. The van der Waals surface area contributed by atoms with Crippen LogP contribution < -0.4 is 14.8 Å². The van der Waals surface area contributed by atoms with Crippen molar-refractivity contribution < 1.29 is 17.9 Å². The molecule has 0 bridgehead atoms. The van der Waals surface area contributed by atoms with Gasteiger partial charge in [0.1, 0.15) is 5.75 Å². The van der Waals surface area contributed by atoms with Gasteiger partial charge in [0.25, 0.3) is 5.91 Å². The number of benzene rings is 3. The molecule has 0 aromatic heterocycles. The molecule has 3 rings (SSSR count). The molecule has 3 aromatic carbocycles. The maximum absolute atomic E-state index is 12.6. The van der Waals surface area contributed by atoms with Crippen LogP contribution in [0.5, 0.6) is 5.75 Å². The number of nitrogens with one attached hydrogen (secondary N) is 2. The minimum Gasteiger partial charge on any atom is -0.484 e. The first-order valence-electron chi connectivity index (χ1n) is 10.0. The van der Waals surface area contributed by atoms with E-state index in [0.717, 1.165) is 17.5 Å². The fourth-order valence-corrected chi connectivity index (χ4v) is 4.10. The summed E-state index contributed by atoms with van der Waals surface area (Å²) < 4.78 is 33.3. The Morgan fingerprint density at radius 3 is 2.19 bits per heavy atom. The van der Waals surface area contributed by atoms with Crippen LogP contribution in [0.15, 0.2) is 83.8 Å². The third-order valence-electron chi connectivity index (χ3n) is 4.70. The Kier molecular flexibility index (Phi) is 7.81. The van der Waals surface area contributed by atoms with E-state index in [2.05, 4.69) is 10.0 Å². The zero-order chi connectivity index (χ0) is 22.1. The summed E-state index contributed by atoms with van der Waals surface area (Å²) in [6.07, 6.45) is 0.744. The van der Waals surface area contributed by atoms with E-state index in [4.69, 9.17) is 4.74 Å². The fraction of sp³-hybridized carbons (Fsp3) is 0.208. The minimum atomic E-state index is -3.65. The molecule has 0 atom stereocenters. The summed E-state index contributed by atoms with van der Waals surface area (Å²) in [7, 11) is -3.65. The number of carbonyl (C=O) groups is 1. The summed E-state index contributed by atoms with van der Waals surface area (Å²) >= 11 is 0. The first kappa shape index (κ1) is 22.5. The van der Waals surface area contributed by atoms with Gasteiger partial charge in [-0.2, -0.15) is 0 Å². The van der Waals surface area contributed by atoms with Gasteiger partial charge in [-0.1, -0.05) is 60.7 Å². The molecule has 6 nitrogen and oxygen atoms in total. The van der Waals surface area contributed by atoms with Crippen LogP contribution in [0.1, 0.15) is 16.7 Å². The Morgan fingerprint density at radius 1 is 0.903 bits per heavy atom. The molecule has 0 saturated carbocycles. The average molecular weight is 439 g/mol. The number of hydrogen-bond donors (Lipinski definition) is 2. The van der Waals surface area contributed by atoms with Crippen molar-refractivity contribution in [1.82, 2.24) is 10.0 Å². The Labute approximate surface area is 183 Å². The summed E-state index contributed by atoms with van der Waals surface area (Å²) in [5, 5.41) is 2.82. The van der Waals surface area contributed by atoms with Crippen molar-refractivity contribution >= 4 is 15.9 Å². The molecule has 0 fully saturated rings. The number of amides is 1. The Bertz CT molecular complexity index is 1100. The summed E-state index contributed by atoms with van der Waals surface area (Å²) in [4.78, 5) is 12.2. The van der Waals surface area contributed by atoms with Gasteiger partial charge in [-0.15, -0.1) is 0 Å². The first-order valence-corrected chi connectivity index (χ1v) is 11.5. The van der Waals surface area contributed by atoms with Crippen LogP contribution in [0.3, 0.4) is 0 Å². The molecule has 0 unspecified atom stereocenters. The van der Waals surface area contributed by atoms with Gasteiger partial charge in [-0.25, -0.2) is 13.1 Å². The van der Waals surface area contributed by atoms with Crippen LogP contribution >= 0.6 is 0 Å². The predicted molar refractivity (Wildman–Crippen MR) is 120 cm³/mol. The second kappa shape index (κ2) is 10.7. The first-order chi connectivity index (χ1) is 14.9. The summed E-state index contributed by atoms with van der Waals surface area (Å²) in [5.74, 6) is 0.247. The van der Waals surface area contributed by atoms with E-state index in [1.165, 1.54) is 12.1 Å². The van der Waals surface area contributed by atoms with E-state index in [-0.39, 0.29) is 24.0 Å². The largest absolute Gasteiger partial charge is 0.484 e. The van der Waals surface area contributed by atoms with Crippen molar-refractivity contribution in [2.75, 3.05) is 13.2 Å². The van der Waals surface area contributed by atoms with Crippen LogP contribution in [0.4, 0.5) is 0 Å². The van der Waals surface area contributed by atoms with E-state index in [9.17, 15) is 13.2 Å². The molecular weight excluding hydrogens is 412 g/mol. The standard InChI is InChI=1S/C24H26N2O4S/c1-19-16-22(31(28,29)26-17-21-10-6-3-7-11-21)12-13-23(19)30-18-24(27)25-15-14-20-8-4-2-5-9-20/h2-13,16,26H,14-15,17-18H2,1H3,(H,25,27). The maximum atomic E-state index is 12.6. The molecule has 0 aliphatic carbocycles. The quantitative estimate of drug-likeness (QED) is 0.509. The molecule has 1 amide bonds. The minimum absolute atomic E-state index is 0.131. The van der Waals surface area contributed by atoms with Gasteiger partial charge in [-0.3, -0.25) is 4.79 Å². The van der Waals surface area contributed by atoms with Crippen molar-refractivity contribution in [2.24, 2.45) is 0 Å². The highest BCUT2D eigenvalue weighted by Gasteiger charge is 2.15. The number of sulfonamides is 1. The van der Waals surface area contributed by atoms with Gasteiger partial charge >= 0.3 is 0 Å². The molecule has 0 aliphatic rings. The number of ether oxygens (including phenoxy) is 1. The third kappa shape index (κ3) is 6.94. The predicted octanol–water partition coefficient (Wildman–Crippen LogP) is 3.21. The molecule has 0 spiro atoms. The van der Waals surface area contributed by atoms with Crippen LogP contribution in [-0.2, 0) is 27.8 Å². The van der Waals surface area contributed by atoms with Gasteiger partial charge in [0, 0.05) is 13.1 Å². The number of rotatable bonds is 10. The highest BCUT2D eigenvalue weighted by molar-refractivity contribution is 7.89. The lowest BCUT2D eigenvalue weighted by Crippen LogP contribution is -2.30. The summed E-state index contributed by atoms with van der Waals surface area (Å²) in [6, 6.07) is 23.8. The van der Waals surface area contributed by atoms with E-state index in [0.29, 0.717) is 17.9 Å². The molecule has 162 valence electrons. The molecule has 0 heterocycles. The normalized spacial score (nSPS) is 11.1. The summed E-state index contributed by atoms with van der Waals surface area (Å²) in [5.41, 5.74) is 2.66. The molecule has 7 heteroatoms. The second-order valence-corrected chi connectivity index (χ2v) is 8.88. The zero-order valence-electron chi connectivity index (χ0n) is 17.4. The highest BCUT2D eigenvalue weighted by Crippen LogP contribution is 2.22. The Morgan fingerprint density at radius 2 is 1.55 bits per heavy atom. The summed E-state index contributed by atoms with van der Waals surface area (Å²) in [6.45, 7) is 2.35. The van der Waals surface area contributed by atoms with Crippen molar-refractivity contribution in [1.29, 1.82) is 0 Å². The fourth-order valence-electron chi connectivity index (χ4n) is 2.99.